The van der Waals surface area contributed by atoms with Gasteiger partial charge in [-0.25, -0.2) is 0 Å². The maximum Gasteiger partial charge on any atom is 0.182 e. The summed E-state index contributed by atoms with van der Waals surface area (Å²) in [6, 6.07) is 15.5. The van der Waals surface area contributed by atoms with E-state index in [2.05, 4.69) is 0 Å². The van der Waals surface area contributed by atoms with Crippen LogP contribution in [0, 0.1) is 6.92 Å². The molecule has 0 atom stereocenters. The molecule has 0 saturated carbocycles. The summed E-state index contributed by atoms with van der Waals surface area (Å²) >= 11 is 6.21. The fourth-order valence-electron chi connectivity index (χ4n) is 2.46. The van der Waals surface area contributed by atoms with Crippen LogP contribution in [0.3, 0.4) is 0 Å². The molecule has 0 fully saturated rings. The number of ketones is 1. The third-order valence-corrected chi connectivity index (χ3v) is 3.80. The van der Waals surface area contributed by atoms with E-state index in [0.29, 0.717) is 11.6 Å². The molecule has 0 aliphatic heterocycles. The first-order valence-corrected chi connectivity index (χ1v) is 6.87. The first-order valence-electron chi connectivity index (χ1n) is 6.49. The number of carbonyl (C=O) groups excluding carboxylic acids is 1. The van der Waals surface area contributed by atoms with Crippen LogP contribution in [0.2, 0.25) is 5.02 Å². The normalized spacial score (nSPS) is 10.9. The molecule has 0 aliphatic carbocycles. The maximum atomic E-state index is 12.4. The molecule has 0 bridgehead atoms. The molecule has 100 valence electrons. The molecule has 2 aromatic carbocycles. The Morgan fingerprint density at radius 2 is 1.80 bits per heavy atom. The van der Waals surface area contributed by atoms with Crippen LogP contribution in [-0.2, 0) is 6.54 Å². The average molecular weight is 284 g/mol. The fraction of sp³-hybridized carbons (Fsp3) is 0.118. The van der Waals surface area contributed by atoms with Crippen molar-refractivity contribution in [1.82, 2.24) is 4.57 Å². The van der Waals surface area contributed by atoms with Crippen molar-refractivity contribution in [3.8, 4) is 0 Å². The number of aromatic nitrogens is 1. The standard InChI is InChI=1S/C17H14ClNO/c1-12-6-2-3-7-13(12)17(20)11-19-10-15(18)14-8-4-5-9-16(14)19/h2-10H,11H2,1H3. The lowest BCUT2D eigenvalue weighted by Crippen LogP contribution is -2.10. The highest BCUT2D eigenvalue weighted by atomic mass is 35.5. The lowest BCUT2D eigenvalue weighted by atomic mass is 10.1. The molecule has 0 N–H and O–H groups in total. The second-order valence-corrected chi connectivity index (χ2v) is 5.27. The van der Waals surface area contributed by atoms with E-state index >= 15 is 0 Å². The monoisotopic (exact) mass is 283 g/mol. The Morgan fingerprint density at radius 3 is 2.60 bits per heavy atom. The predicted octanol–water partition coefficient (Wildman–Crippen LogP) is 4.49. The maximum absolute atomic E-state index is 12.4. The number of hydrogen-bond acceptors (Lipinski definition) is 1. The third kappa shape index (κ3) is 2.23. The summed E-state index contributed by atoms with van der Waals surface area (Å²) in [4.78, 5) is 12.4. The molecule has 1 heterocycles. The minimum atomic E-state index is 0.0977. The van der Waals surface area contributed by atoms with E-state index in [1.54, 1.807) is 0 Å². The molecule has 0 saturated heterocycles. The van der Waals surface area contributed by atoms with Crippen LogP contribution in [0.4, 0.5) is 0 Å². The third-order valence-electron chi connectivity index (χ3n) is 3.50. The van der Waals surface area contributed by atoms with Crippen molar-refractivity contribution in [2.75, 3.05) is 0 Å². The minimum Gasteiger partial charge on any atom is -0.338 e. The van der Waals surface area contributed by atoms with Gasteiger partial charge in [0.05, 0.1) is 11.6 Å². The number of fused-ring (bicyclic) bond motifs is 1. The van der Waals surface area contributed by atoms with Crippen LogP contribution in [0.5, 0.6) is 0 Å². The van der Waals surface area contributed by atoms with Crippen LogP contribution >= 0.6 is 11.6 Å². The SMILES string of the molecule is Cc1ccccc1C(=O)Cn1cc(Cl)c2ccccc21. The quantitative estimate of drug-likeness (QED) is 0.649. The Bertz CT molecular complexity index is 789. The number of hydrogen-bond donors (Lipinski definition) is 0. The minimum absolute atomic E-state index is 0.0977. The van der Waals surface area contributed by atoms with Gasteiger partial charge in [-0.1, -0.05) is 54.1 Å². The molecule has 3 heteroatoms. The number of nitrogens with zero attached hydrogens (tertiary/aromatic N) is 1. The molecule has 0 radical (unpaired) electrons. The second-order valence-electron chi connectivity index (χ2n) is 4.86. The van der Waals surface area contributed by atoms with Gasteiger partial charge in [-0.3, -0.25) is 4.79 Å². The van der Waals surface area contributed by atoms with Gasteiger partial charge in [-0.05, 0) is 18.6 Å². The van der Waals surface area contributed by atoms with Gasteiger partial charge >= 0.3 is 0 Å². The molecule has 0 amide bonds. The van der Waals surface area contributed by atoms with Crippen molar-refractivity contribution in [2.45, 2.75) is 13.5 Å². The first kappa shape index (κ1) is 12.9. The molecular formula is C17H14ClNO. The van der Waals surface area contributed by atoms with E-state index in [1.165, 1.54) is 0 Å². The zero-order valence-electron chi connectivity index (χ0n) is 11.1. The van der Waals surface area contributed by atoms with Crippen LogP contribution in [0.25, 0.3) is 10.9 Å². The summed E-state index contributed by atoms with van der Waals surface area (Å²) < 4.78 is 1.91. The van der Waals surface area contributed by atoms with E-state index < -0.39 is 0 Å². The highest BCUT2D eigenvalue weighted by Crippen LogP contribution is 2.25. The van der Waals surface area contributed by atoms with E-state index in [0.717, 1.165) is 22.0 Å². The number of aryl methyl sites for hydroxylation is 1. The summed E-state index contributed by atoms with van der Waals surface area (Å²) in [5.41, 5.74) is 2.75. The molecule has 1 aromatic heterocycles. The highest BCUT2D eigenvalue weighted by Gasteiger charge is 2.12. The van der Waals surface area contributed by atoms with Crippen LogP contribution < -0.4 is 0 Å². The Labute approximate surface area is 122 Å². The number of para-hydroxylation sites is 1. The first-order chi connectivity index (χ1) is 9.66. The lowest BCUT2D eigenvalue weighted by molar-refractivity contribution is 0.0973. The van der Waals surface area contributed by atoms with E-state index in [9.17, 15) is 4.79 Å². The van der Waals surface area contributed by atoms with Gasteiger partial charge in [0.15, 0.2) is 5.78 Å². The van der Waals surface area contributed by atoms with Gasteiger partial charge in [-0.2, -0.15) is 0 Å². The number of carbonyl (C=O) groups is 1. The Morgan fingerprint density at radius 1 is 1.10 bits per heavy atom. The topological polar surface area (TPSA) is 22.0 Å². The number of Topliss-reactive ketones (excluding diaryl/α,β-unsaturated/α-hetero) is 1. The van der Waals surface area contributed by atoms with E-state index in [-0.39, 0.29) is 5.78 Å². The van der Waals surface area contributed by atoms with Gasteiger partial charge < -0.3 is 4.57 Å². The summed E-state index contributed by atoms with van der Waals surface area (Å²) in [6.07, 6.45) is 1.82. The summed E-state index contributed by atoms with van der Waals surface area (Å²) in [6.45, 7) is 2.26. The van der Waals surface area contributed by atoms with Crippen molar-refractivity contribution in [1.29, 1.82) is 0 Å². The molecular weight excluding hydrogens is 270 g/mol. The number of halogens is 1. The Balaban J connectivity index is 1.98. The summed E-state index contributed by atoms with van der Waals surface area (Å²) in [7, 11) is 0. The van der Waals surface area contributed by atoms with Crippen molar-refractivity contribution in [2.24, 2.45) is 0 Å². The van der Waals surface area contributed by atoms with Crippen LogP contribution in [-0.4, -0.2) is 10.4 Å². The molecule has 2 nitrogen and oxygen atoms in total. The van der Waals surface area contributed by atoms with Crippen LogP contribution in [0.1, 0.15) is 15.9 Å². The zero-order chi connectivity index (χ0) is 14.1. The van der Waals surface area contributed by atoms with Crippen molar-refractivity contribution in [3.63, 3.8) is 0 Å². The number of benzene rings is 2. The number of rotatable bonds is 3. The lowest BCUT2D eigenvalue weighted by Gasteiger charge is -2.07. The average Bonchev–Trinajstić information content (AvgIpc) is 2.76. The molecule has 0 spiro atoms. The Kier molecular flexibility index (Phi) is 3.33. The molecule has 0 unspecified atom stereocenters. The molecule has 3 rings (SSSR count). The van der Waals surface area contributed by atoms with E-state index in [4.69, 9.17) is 11.6 Å². The Hall–Kier alpha value is -2.06. The van der Waals surface area contributed by atoms with Crippen molar-refractivity contribution < 1.29 is 4.79 Å². The van der Waals surface area contributed by atoms with Gasteiger partial charge in [0.1, 0.15) is 0 Å². The fourth-order valence-corrected chi connectivity index (χ4v) is 2.74. The second kappa shape index (κ2) is 5.14. The summed E-state index contributed by atoms with van der Waals surface area (Å²) in [5.74, 6) is 0.0977. The summed E-state index contributed by atoms with van der Waals surface area (Å²) in [5, 5.41) is 1.66. The molecule has 3 aromatic rings. The van der Waals surface area contributed by atoms with Gasteiger partial charge in [0.2, 0.25) is 0 Å². The predicted molar refractivity (Wildman–Crippen MR) is 82.5 cm³/mol. The van der Waals surface area contributed by atoms with E-state index in [1.807, 2.05) is 66.2 Å². The van der Waals surface area contributed by atoms with Crippen molar-refractivity contribution in [3.05, 3.63) is 70.9 Å². The molecule has 0 aliphatic rings. The van der Waals surface area contributed by atoms with Crippen molar-refractivity contribution >= 4 is 28.3 Å². The smallest absolute Gasteiger partial charge is 0.182 e. The zero-order valence-corrected chi connectivity index (χ0v) is 11.9. The largest absolute Gasteiger partial charge is 0.338 e. The highest BCUT2D eigenvalue weighted by molar-refractivity contribution is 6.35. The van der Waals surface area contributed by atoms with Gasteiger partial charge in [-0.15, -0.1) is 0 Å². The molecule has 20 heavy (non-hydrogen) atoms. The van der Waals surface area contributed by atoms with Crippen LogP contribution in [0.15, 0.2) is 54.7 Å². The van der Waals surface area contributed by atoms with Gasteiger partial charge in [0, 0.05) is 22.7 Å². The van der Waals surface area contributed by atoms with Gasteiger partial charge in [0.25, 0.3) is 0 Å².